The van der Waals surface area contributed by atoms with Crippen LogP contribution >= 0.6 is 0 Å². The second kappa shape index (κ2) is 6.01. The van der Waals surface area contributed by atoms with Gasteiger partial charge in [-0.3, -0.25) is 10.1 Å². The first kappa shape index (κ1) is 13.8. The zero-order chi connectivity index (χ0) is 13.8. The molecule has 2 rings (SSSR count). The van der Waals surface area contributed by atoms with Gasteiger partial charge in [-0.15, -0.1) is 0 Å². The molecule has 7 heteroatoms. The second-order valence-electron chi connectivity index (χ2n) is 5.11. The molecule has 0 aromatic heterocycles. The summed E-state index contributed by atoms with van der Waals surface area (Å²) in [5.74, 6) is -0.683. The molecule has 0 bridgehead atoms. The molecule has 0 spiro atoms. The maximum atomic E-state index is 11.6. The Labute approximate surface area is 110 Å². The molecule has 0 saturated heterocycles. The van der Waals surface area contributed by atoms with E-state index in [1.54, 1.807) is 0 Å². The van der Waals surface area contributed by atoms with Gasteiger partial charge in [0, 0.05) is 6.04 Å². The van der Waals surface area contributed by atoms with Crippen LogP contribution in [-0.2, 0) is 14.3 Å². The lowest BCUT2D eigenvalue weighted by Gasteiger charge is -2.17. The molecule has 0 aromatic carbocycles. The molecule has 2 aliphatic carbocycles. The Kier molecular flexibility index (Phi) is 4.36. The number of hydrogen-bond donors (Lipinski definition) is 3. The summed E-state index contributed by atoms with van der Waals surface area (Å²) in [6.07, 6.45) is 4.54. The number of nitrogens with one attached hydrogen (secondary N) is 2. The van der Waals surface area contributed by atoms with Crippen molar-refractivity contribution < 1.29 is 24.2 Å². The Balaban J connectivity index is 1.65. The molecular weight excluding hydrogens is 252 g/mol. The van der Waals surface area contributed by atoms with Gasteiger partial charge in [-0.25, -0.2) is 9.59 Å². The number of rotatable bonds is 7. The summed E-state index contributed by atoms with van der Waals surface area (Å²) in [6.45, 7) is -0.987. The van der Waals surface area contributed by atoms with Crippen LogP contribution in [0.15, 0.2) is 0 Å². The number of aliphatic carboxylic acids is 1. The SMILES string of the molecule is O=C(O)COCC(=O)NC(=O)NC(C1CC1)C1CC1. The van der Waals surface area contributed by atoms with Crippen LogP contribution in [0.2, 0.25) is 0 Å². The summed E-state index contributed by atoms with van der Waals surface area (Å²) in [5, 5.41) is 13.3. The van der Waals surface area contributed by atoms with Crippen LogP contribution in [0.1, 0.15) is 25.7 Å². The van der Waals surface area contributed by atoms with Crippen LogP contribution in [0.5, 0.6) is 0 Å². The van der Waals surface area contributed by atoms with Gasteiger partial charge in [0.15, 0.2) is 0 Å². The summed E-state index contributed by atoms with van der Waals surface area (Å²) < 4.78 is 4.59. The number of amides is 3. The normalized spacial score (nSPS) is 18.2. The zero-order valence-corrected chi connectivity index (χ0v) is 10.6. The first-order valence-electron chi connectivity index (χ1n) is 6.46. The third kappa shape index (κ3) is 4.86. The van der Waals surface area contributed by atoms with Gasteiger partial charge in [-0.2, -0.15) is 0 Å². The minimum absolute atomic E-state index is 0.174. The van der Waals surface area contributed by atoms with E-state index >= 15 is 0 Å². The van der Waals surface area contributed by atoms with Gasteiger partial charge in [0.1, 0.15) is 13.2 Å². The summed E-state index contributed by atoms with van der Waals surface area (Å²) in [4.78, 5) is 33.1. The Morgan fingerprint density at radius 2 is 1.68 bits per heavy atom. The fourth-order valence-corrected chi connectivity index (χ4v) is 2.11. The van der Waals surface area contributed by atoms with Crippen molar-refractivity contribution in [3.05, 3.63) is 0 Å². The molecule has 3 amide bonds. The first-order valence-corrected chi connectivity index (χ1v) is 6.46. The highest BCUT2D eigenvalue weighted by Crippen LogP contribution is 2.44. The molecular formula is C12H18N2O5. The lowest BCUT2D eigenvalue weighted by Crippen LogP contribution is -2.47. The number of ether oxygens (including phenoxy) is 1. The van der Waals surface area contributed by atoms with Gasteiger partial charge in [-0.1, -0.05) is 0 Å². The predicted octanol–water partition coefficient (Wildman–Crippen LogP) is 0.102. The number of urea groups is 1. The number of hydrogen-bond acceptors (Lipinski definition) is 4. The van der Waals surface area contributed by atoms with Crippen molar-refractivity contribution in [2.75, 3.05) is 13.2 Å². The highest BCUT2D eigenvalue weighted by Gasteiger charge is 2.42. The van der Waals surface area contributed by atoms with E-state index in [2.05, 4.69) is 15.4 Å². The van der Waals surface area contributed by atoms with Crippen molar-refractivity contribution in [1.29, 1.82) is 0 Å². The minimum Gasteiger partial charge on any atom is -0.480 e. The van der Waals surface area contributed by atoms with Gasteiger partial charge < -0.3 is 15.2 Å². The van der Waals surface area contributed by atoms with Crippen molar-refractivity contribution in [3.8, 4) is 0 Å². The number of carboxylic acids is 1. The lowest BCUT2D eigenvalue weighted by atomic mass is 10.1. The Bertz CT molecular complexity index is 364. The molecule has 2 aliphatic rings. The average molecular weight is 270 g/mol. The highest BCUT2D eigenvalue weighted by molar-refractivity contribution is 5.95. The van der Waals surface area contributed by atoms with Gasteiger partial charge in [-0.05, 0) is 37.5 Å². The molecule has 2 fully saturated rings. The van der Waals surface area contributed by atoms with Crippen molar-refractivity contribution in [2.24, 2.45) is 11.8 Å². The summed E-state index contributed by atoms with van der Waals surface area (Å²) in [5.41, 5.74) is 0. The molecule has 0 unspecified atom stereocenters. The van der Waals surface area contributed by atoms with E-state index in [1.165, 1.54) is 0 Å². The molecule has 3 N–H and O–H groups in total. The Hall–Kier alpha value is -1.63. The van der Waals surface area contributed by atoms with E-state index < -0.39 is 31.1 Å². The fraction of sp³-hybridized carbons (Fsp3) is 0.750. The van der Waals surface area contributed by atoms with Gasteiger partial charge in [0.25, 0.3) is 5.91 Å². The van der Waals surface area contributed by atoms with Crippen molar-refractivity contribution in [1.82, 2.24) is 10.6 Å². The molecule has 2 saturated carbocycles. The van der Waals surface area contributed by atoms with E-state index in [4.69, 9.17) is 5.11 Å². The Morgan fingerprint density at radius 1 is 1.11 bits per heavy atom. The quantitative estimate of drug-likeness (QED) is 0.608. The number of carbonyl (C=O) groups is 3. The van der Waals surface area contributed by atoms with Gasteiger partial charge >= 0.3 is 12.0 Å². The molecule has 0 aliphatic heterocycles. The largest absolute Gasteiger partial charge is 0.480 e. The molecule has 19 heavy (non-hydrogen) atoms. The third-order valence-electron chi connectivity index (χ3n) is 3.27. The molecule has 0 aromatic rings. The second-order valence-corrected chi connectivity index (χ2v) is 5.11. The van der Waals surface area contributed by atoms with E-state index in [1.807, 2.05) is 0 Å². The number of carboxylic acid groups (broad SMARTS) is 1. The van der Waals surface area contributed by atoms with Crippen molar-refractivity contribution in [3.63, 3.8) is 0 Å². The van der Waals surface area contributed by atoms with Crippen LogP contribution in [0.3, 0.4) is 0 Å². The van der Waals surface area contributed by atoms with Crippen LogP contribution in [0.25, 0.3) is 0 Å². The summed E-state index contributed by atoms with van der Waals surface area (Å²) in [6, 6.07) is -0.347. The number of imide groups is 1. The summed E-state index contributed by atoms with van der Waals surface area (Å²) >= 11 is 0. The third-order valence-corrected chi connectivity index (χ3v) is 3.27. The molecule has 0 radical (unpaired) electrons. The van der Waals surface area contributed by atoms with Crippen LogP contribution in [0, 0.1) is 11.8 Å². The van der Waals surface area contributed by atoms with Crippen molar-refractivity contribution >= 4 is 17.9 Å². The van der Waals surface area contributed by atoms with Gasteiger partial charge in [0.05, 0.1) is 0 Å². The molecule has 106 valence electrons. The van der Waals surface area contributed by atoms with Crippen LogP contribution in [0.4, 0.5) is 4.79 Å². The predicted molar refractivity (Wildman–Crippen MR) is 64.4 cm³/mol. The first-order chi connectivity index (χ1) is 9.06. The number of carbonyl (C=O) groups excluding carboxylic acids is 2. The average Bonchev–Trinajstić information content (AvgIpc) is 3.17. The van der Waals surface area contributed by atoms with Crippen molar-refractivity contribution in [2.45, 2.75) is 31.7 Å². The molecule has 7 nitrogen and oxygen atoms in total. The van der Waals surface area contributed by atoms with Crippen LogP contribution < -0.4 is 10.6 Å². The fourth-order valence-electron chi connectivity index (χ4n) is 2.11. The standard InChI is InChI=1S/C12H18N2O5/c15-9(5-19-6-10(16)17)13-12(18)14-11(7-1-2-7)8-3-4-8/h7-8,11H,1-6H2,(H,16,17)(H2,13,14,15,18). The highest BCUT2D eigenvalue weighted by atomic mass is 16.5. The Morgan fingerprint density at radius 3 is 2.16 bits per heavy atom. The molecule has 0 heterocycles. The minimum atomic E-state index is -1.15. The zero-order valence-electron chi connectivity index (χ0n) is 10.6. The van der Waals surface area contributed by atoms with E-state index in [0.717, 1.165) is 25.7 Å². The van der Waals surface area contributed by atoms with E-state index in [-0.39, 0.29) is 6.04 Å². The van der Waals surface area contributed by atoms with Crippen LogP contribution in [-0.4, -0.2) is 42.3 Å². The summed E-state index contributed by atoms with van der Waals surface area (Å²) in [7, 11) is 0. The van der Waals surface area contributed by atoms with E-state index in [0.29, 0.717) is 11.8 Å². The molecule has 0 atom stereocenters. The van der Waals surface area contributed by atoms with Gasteiger partial charge in [0.2, 0.25) is 0 Å². The maximum absolute atomic E-state index is 11.6. The smallest absolute Gasteiger partial charge is 0.329 e. The van der Waals surface area contributed by atoms with E-state index in [9.17, 15) is 14.4 Å². The lowest BCUT2D eigenvalue weighted by molar-refractivity contribution is -0.143. The topological polar surface area (TPSA) is 105 Å². The monoisotopic (exact) mass is 270 g/mol. The maximum Gasteiger partial charge on any atom is 0.329 e.